The molecule has 0 heterocycles. The largest absolute Gasteiger partial charge is 0.356 e. The number of allylic oxidation sites excluding steroid dienone is 4. The number of para-hydroxylation sites is 1. The first-order valence-corrected chi connectivity index (χ1v) is 4.57. The van der Waals surface area contributed by atoms with Crippen molar-refractivity contribution in [3.63, 3.8) is 0 Å². The van der Waals surface area contributed by atoms with Crippen LogP contribution in [0, 0.1) is 0 Å². The van der Waals surface area contributed by atoms with Crippen molar-refractivity contribution in [2.45, 2.75) is 0 Å². The van der Waals surface area contributed by atoms with Crippen molar-refractivity contribution in [1.29, 1.82) is 0 Å². The van der Waals surface area contributed by atoms with Crippen molar-refractivity contribution >= 4 is 5.69 Å². The molecule has 0 aromatic heterocycles. The molecule has 1 aromatic rings. The second kappa shape index (κ2) is 4.31. The van der Waals surface area contributed by atoms with Gasteiger partial charge in [0.15, 0.2) is 0 Å². The summed E-state index contributed by atoms with van der Waals surface area (Å²) in [6.07, 6.45) is 9.75. The molecule has 14 heavy (non-hydrogen) atoms. The van der Waals surface area contributed by atoms with E-state index >= 15 is 0 Å². The molecule has 0 atom stereocenters. The molecule has 0 bridgehead atoms. The normalized spacial score (nSPS) is 13.6. The van der Waals surface area contributed by atoms with Gasteiger partial charge in [-0.05, 0) is 36.4 Å². The first kappa shape index (κ1) is 8.61. The highest BCUT2D eigenvalue weighted by Gasteiger charge is 1.92. The second-order valence-electron chi connectivity index (χ2n) is 2.97. The average molecular weight is 181 g/mol. The molecule has 0 unspecified atom stereocenters. The van der Waals surface area contributed by atoms with E-state index in [9.17, 15) is 0 Å². The van der Waals surface area contributed by atoms with Crippen molar-refractivity contribution in [2.75, 3.05) is 5.32 Å². The van der Waals surface area contributed by atoms with Gasteiger partial charge >= 0.3 is 0 Å². The Labute approximate surface area is 83.8 Å². The van der Waals surface area contributed by atoms with E-state index in [4.69, 9.17) is 0 Å². The number of rotatable bonds is 2. The van der Waals surface area contributed by atoms with E-state index in [2.05, 4.69) is 11.0 Å². The molecule has 0 spiro atoms. The Morgan fingerprint density at radius 2 is 1.86 bits per heavy atom. The molecule has 2 rings (SSSR count). The van der Waals surface area contributed by atoms with Crippen LogP contribution in [0.5, 0.6) is 0 Å². The zero-order valence-electron chi connectivity index (χ0n) is 7.77. The lowest BCUT2D eigenvalue weighted by Crippen LogP contribution is -1.95. The molecule has 0 saturated heterocycles. The summed E-state index contributed by atoms with van der Waals surface area (Å²) in [5, 5.41) is 3.30. The Bertz CT molecular complexity index is 418. The van der Waals surface area contributed by atoms with Gasteiger partial charge in [0.2, 0.25) is 0 Å². The minimum Gasteiger partial charge on any atom is -0.356 e. The Kier molecular flexibility index (Phi) is 2.65. The highest BCUT2D eigenvalue weighted by atomic mass is 14.9. The number of nitrogens with one attached hydrogen (secondary N) is 1. The minimum absolute atomic E-state index is 1.07. The lowest BCUT2D eigenvalue weighted by Gasteiger charge is -2.05. The highest BCUT2D eigenvalue weighted by molar-refractivity contribution is 5.51. The van der Waals surface area contributed by atoms with Gasteiger partial charge in [-0.1, -0.05) is 24.3 Å². The Morgan fingerprint density at radius 1 is 1.00 bits per heavy atom. The van der Waals surface area contributed by atoms with E-state index in [1.807, 2.05) is 60.7 Å². The molecule has 0 fully saturated rings. The van der Waals surface area contributed by atoms with Gasteiger partial charge in [0.1, 0.15) is 0 Å². The third-order valence-electron chi connectivity index (χ3n) is 1.89. The average Bonchev–Trinajstić information content (AvgIpc) is 2.48. The van der Waals surface area contributed by atoms with Crippen LogP contribution < -0.4 is 5.32 Å². The molecule has 1 N–H and O–H groups in total. The molecule has 1 aliphatic carbocycles. The molecular weight excluding hydrogens is 170 g/mol. The summed E-state index contributed by atoms with van der Waals surface area (Å²) in [4.78, 5) is 0. The van der Waals surface area contributed by atoms with E-state index in [1.165, 1.54) is 0 Å². The summed E-state index contributed by atoms with van der Waals surface area (Å²) in [5.41, 5.74) is 5.17. The van der Waals surface area contributed by atoms with Gasteiger partial charge in [-0.25, -0.2) is 0 Å². The number of benzene rings is 1. The topological polar surface area (TPSA) is 12.0 Å². The van der Waals surface area contributed by atoms with E-state index in [0.29, 0.717) is 0 Å². The van der Waals surface area contributed by atoms with Gasteiger partial charge in [0.05, 0.1) is 0 Å². The van der Waals surface area contributed by atoms with Gasteiger partial charge in [-0.3, -0.25) is 0 Å². The summed E-state index contributed by atoms with van der Waals surface area (Å²) in [6.45, 7) is 0. The maximum Gasteiger partial charge on any atom is 0.0390 e. The van der Waals surface area contributed by atoms with Gasteiger partial charge in [-0.15, -0.1) is 5.73 Å². The van der Waals surface area contributed by atoms with Gasteiger partial charge in [0, 0.05) is 11.4 Å². The van der Waals surface area contributed by atoms with Gasteiger partial charge < -0.3 is 5.32 Å². The van der Waals surface area contributed by atoms with Crippen LogP contribution in [0.4, 0.5) is 5.69 Å². The van der Waals surface area contributed by atoms with Gasteiger partial charge in [0.25, 0.3) is 0 Å². The van der Waals surface area contributed by atoms with Crippen LogP contribution in [-0.4, -0.2) is 0 Å². The SMILES string of the molecule is C1=CC=CC(Nc2ccccc2)=CC=1. The number of anilines is 1. The zero-order chi connectivity index (χ0) is 9.64. The smallest absolute Gasteiger partial charge is 0.0390 e. The van der Waals surface area contributed by atoms with Crippen LogP contribution in [0.2, 0.25) is 0 Å². The predicted octanol–water partition coefficient (Wildman–Crippen LogP) is 3.26. The summed E-state index contributed by atoms with van der Waals surface area (Å²) in [7, 11) is 0. The van der Waals surface area contributed by atoms with Crippen LogP contribution in [0.1, 0.15) is 0 Å². The molecule has 0 saturated carbocycles. The highest BCUT2D eigenvalue weighted by Crippen LogP contribution is 2.10. The van der Waals surface area contributed by atoms with E-state index in [-0.39, 0.29) is 0 Å². The molecule has 0 radical (unpaired) electrons. The molecule has 1 nitrogen and oxygen atoms in total. The first-order chi connectivity index (χ1) is 6.95. The minimum atomic E-state index is 1.07. The summed E-state index contributed by atoms with van der Waals surface area (Å²) >= 11 is 0. The monoisotopic (exact) mass is 181 g/mol. The standard InChI is InChI=1S/C13H11N/c1-2-5-9-12(8-4-1)14-13-10-6-3-7-11-13/h1,3-11,14H. The van der Waals surface area contributed by atoms with Crippen molar-refractivity contribution in [1.82, 2.24) is 0 Å². The first-order valence-electron chi connectivity index (χ1n) is 4.57. The Morgan fingerprint density at radius 3 is 2.71 bits per heavy atom. The number of hydrogen-bond donors (Lipinski definition) is 1. The maximum atomic E-state index is 3.30. The number of hydrogen-bond acceptors (Lipinski definition) is 1. The van der Waals surface area contributed by atoms with E-state index < -0.39 is 0 Å². The van der Waals surface area contributed by atoms with Crippen LogP contribution >= 0.6 is 0 Å². The fraction of sp³-hybridized carbons (Fsp3) is 0. The molecule has 0 aliphatic heterocycles. The summed E-state index contributed by atoms with van der Waals surface area (Å²) in [5.74, 6) is 0. The molecule has 68 valence electrons. The van der Waals surface area contributed by atoms with Crippen molar-refractivity contribution < 1.29 is 0 Å². The van der Waals surface area contributed by atoms with Gasteiger partial charge in [-0.2, -0.15) is 0 Å². The van der Waals surface area contributed by atoms with Crippen LogP contribution in [0.3, 0.4) is 0 Å². The Hall–Kier alpha value is -1.98. The predicted molar refractivity (Wildman–Crippen MR) is 59.9 cm³/mol. The Balaban J connectivity index is 2.13. The quantitative estimate of drug-likeness (QED) is 0.690. The zero-order valence-corrected chi connectivity index (χ0v) is 7.77. The summed E-state index contributed by atoms with van der Waals surface area (Å²) in [6, 6.07) is 10.1. The van der Waals surface area contributed by atoms with Crippen molar-refractivity contribution in [3.8, 4) is 0 Å². The van der Waals surface area contributed by atoms with Crippen LogP contribution in [0.25, 0.3) is 0 Å². The second-order valence-corrected chi connectivity index (χ2v) is 2.97. The molecule has 1 aliphatic rings. The van der Waals surface area contributed by atoms with E-state index in [0.717, 1.165) is 11.4 Å². The summed E-state index contributed by atoms with van der Waals surface area (Å²) < 4.78 is 0. The third kappa shape index (κ3) is 2.25. The molecule has 0 amide bonds. The lowest BCUT2D eigenvalue weighted by molar-refractivity contribution is 1.48. The third-order valence-corrected chi connectivity index (χ3v) is 1.89. The van der Waals surface area contributed by atoms with Crippen LogP contribution in [0.15, 0.2) is 72.1 Å². The fourth-order valence-corrected chi connectivity index (χ4v) is 1.23. The maximum absolute atomic E-state index is 3.30. The fourth-order valence-electron chi connectivity index (χ4n) is 1.23. The van der Waals surface area contributed by atoms with Crippen molar-refractivity contribution in [3.05, 3.63) is 72.1 Å². The van der Waals surface area contributed by atoms with E-state index in [1.54, 1.807) is 0 Å². The van der Waals surface area contributed by atoms with Crippen LogP contribution in [-0.2, 0) is 0 Å². The molecular formula is C13H11N. The lowest BCUT2D eigenvalue weighted by atomic mass is 10.3. The molecule has 1 aromatic carbocycles. The van der Waals surface area contributed by atoms with Crippen molar-refractivity contribution in [2.24, 2.45) is 0 Å². The molecule has 1 heteroatoms.